The van der Waals surface area contributed by atoms with E-state index in [9.17, 15) is 9.90 Å². The molecule has 0 amide bonds. The van der Waals surface area contributed by atoms with Crippen LogP contribution < -0.4 is 0 Å². The lowest BCUT2D eigenvalue weighted by atomic mass is 9.85. The molecule has 3 nitrogen and oxygen atoms in total. The minimum absolute atomic E-state index is 0.179. The lowest BCUT2D eigenvalue weighted by molar-refractivity contribution is -0.137. The SMILES string of the molecule is CC(c1ccccc1)C(O)CC[C@@H]1CSC[C@@H]1CC=CCCCC(=O)O. The van der Waals surface area contributed by atoms with E-state index in [-0.39, 0.29) is 18.4 Å². The van der Waals surface area contributed by atoms with Gasteiger partial charge in [-0.2, -0.15) is 11.8 Å². The second-order valence-electron chi connectivity index (χ2n) is 7.39. The van der Waals surface area contributed by atoms with Gasteiger partial charge in [-0.3, -0.25) is 4.79 Å². The highest BCUT2D eigenvalue weighted by atomic mass is 32.2. The lowest BCUT2D eigenvalue weighted by Gasteiger charge is -2.23. The Bertz CT molecular complexity index is 558. The van der Waals surface area contributed by atoms with E-state index < -0.39 is 5.97 Å². The van der Waals surface area contributed by atoms with Gasteiger partial charge in [-0.05, 0) is 61.0 Å². The first kappa shape index (κ1) is 21.0. The zero-order valence-electron chi connectivity index (χ0n) is 15.7. The first-order valence-electron chi connectivity index (χ1n) is 9.75. The molecular weight excluding hydrogens is 344 g/mol. The summed E-state index contributed by atoms with van der Waals surface area (Å²) in [4.78, 5) is 10.5. The number of rotatable bonds is 11. The lowest BCUT2D eigenvalue weighted by Crippen LogP contribution is -2.19. The van der Waals surface area contributed by atoms with Crippen LogP contribution in [0.25, 0.3) is 0 Å². The largest absolute Gasteiger partial charge is 0.481 e. The molecule has 1 heterocycles. The third kappa shape index (κ3) is 7.16. The minimum Gasteiger partial charge on any atom is -0.481 e. The molecule has 1 aromatic rings. The van der Waals surface area contributed by atoms with Crippen molar-refractivity contribution in [1.82, 2.24) is 0 Å². The standard InChI is InChI=1S/C22H32O3S/c1-17(18-9-6-4-7-10-18)21(23)14-13-20-16-26-15-19(20)11-5-2-3-8-12-22(24)25/h2,4-7,9-10,17,19-21,23H,3,8,11-16H2,1H3,(H,24,25)/t17?,19-,20+,21?/m0/s1. The summed E-state index contributed by atoms with van der Waals surface area (Å²) >= 11 is 2.03. The number of aliphatic carboxylic acids is 1. The number of hydrogen-bond donors (Lipinski definition) is 2. The Morgan fingerprint density at radius 2 is 1.96 bits per heavy atom. The van der Waals surface area contributed by atoms with Crippen molar-refractivity contribution in [1.29, 1.82) is 0 Å². The van der Waals surface area contributed by atoms with Gasteiger partial charge in [-0.25, -0.2) is 0 Å². The van der Waals surface area contributed by atoms with Crippen molar-refractivity contribution >= 4 is 17.7 Å². The van der Waals surface area contributed by atoms with E-state index in [0.29, 0.717) is 11.8 Å². The summed E-state index contributed by atoms with van der Waals surface area (Å²) in [6.07, 6.45) is 8.93. The van der Waals surface area contributed by atoms with Gasteiger partial charge in [0.15, 0.2) is 0 Å². The van der Waals surface area contributed by atoms with Crippen LogP contribution in [0.5, 0.6) is 0 Å². The number of carbonyl (C=O) groups is 1. The van der Waals surface area contributed by atoms with Gasteiger partial charge in [-0.1, -0.05) is 49.4 Å². The molecule has 1 aliphatic heterocycles. The van der Waals surface area contributed by atoms with Crippen LogP contribution in [-0.2, 0) is 4.79 Å². The zero-order valence-corrected chi connectivity index (χ0v) is 16.5. The minimum atomic E-state index is -0.714. The first-order chi connectivity index (χ1) is 12.6. The summed E-state index contributed by atoms with van der Waals surface area (Å²) < 4.78 is 0. The van der Waals surface area contributed by atoms with Crippen molar-refractivity contribution in [2.45, 2.75) is 57.5 Å². The molecule has 0 radical (unpaired) electrons. The molecule has 1 fully saturated rings. The number of carboxylic acid groups (broad SMARTS) is 1. The van der Waals surface area contributed by atoms with Crippen molar-refractivity contribution < 1.29 is 15.0 Å². The van der Waals surface area contributed by atoms with E-state index in [1.807, 2.05) is 30.0 Å². The van der Waals surface area contributed by atoms with Crippen LogP contribution in [0.3, 0.4) is 0 Å². The van der Waals surface area contributed by atoms with Gasteiger partial charge in [0.25, 0.3) is 0 Å². The molecule has 2 N–H and O–H groups in total. The van der Waals surface area contributed by atoms with Gasteiger partial charge in [0, 0.05) is 12.3 Å². The molecule has 4 atom stereocenters. The van der Waals surface area contributed by atoms with Gasteiger partial charge in [0.1, 0.15) is 0 Å². The number of thioether (sulfide) groups is 1. The van der Waals surface area contributed by atoms with E-state index >= 15 is 0 Å². The molecule has 0 saturated carbocycles. The normalized spacial score (nSPS) is 22.5. The number of carboxylic acids is 1. The number of aliphatic hydroxyl groups excluding tert-OH is 1. The number of aliphatic hydroxyl groups is 1. The monoisotopic (exact) mass is 376 g/mol. The van der Waals surface area contributed by atoms with E-state index in [2.05, 4.69) is 31.2 Å². The van der Waals surface area contributed by atoms with Crippen LogP contribution in [0.2, 0.25) is 0 Å². The Kier molecular flexibility index (Phi) is 9.27. The highest BCUT2D eigenvalue weighted by Crippen LogP contribution is 2.36. The molecule has 0 aromatic heterocycles. The molecule has 1 aliphatic rings. The van der Waals surface area contributed by atoms with Gasteiger partial charge in [0.2, 0.25) is 0 Å². The summed E-state index contributed by atoms with van der Waals surface area (Å²) in [7, 11) is 0. The molecule has 0 bridgehead atoms. The molecule has 4 heteroatoms. The second kappa shape index (κ2) is 11.5. The summed E-state index contributed by atoms with van der Waals surface area (Å²) in [5, 5.41) is 19.2. The quantitative estimate of drug-likeness (QED) is 0.416. The Morgan fingerprint density at radius 1 is 1.23 bits per heavy atom. The number of allylic oxidation sites excluding steroid dienone is 2. The molecule has 1 saturated heterocycles. The highest BCUT2D eigenvalue weighted by molar-refractivity contribution is 7.99. The fraction of sp³-hybridized carbons (Fsp3) is 0.591. The molecule has 2 unspecified atom stereocenters. The smallest absolute Gasteiger partial charge is 0.303 e. The Hall–Kier alpha value is -1.26. The molecule has 26 heavy (non-hydrogen) atoms. The van der Waals surface area contributed by atoms with E-state index in [1.54, 1.807) is 0 Å². The van der Waals surface area contributed by atoms with E-state index in [1.165, 1.54) is 17.1 Å². The Balaban J connectivity index is 1.70. The van der Waals surface area contributed by atoms with Gasteiger partial charge >= 0.3 is 5.97 Å². The van der Waals surface area contributed by atoms with Gasteiger partial charge in [0.05, 0.1) is 6.10 Å². The molecule has 0 aliphatic carbocycles. The van der Waals surface area contributed by atoms with Crippen molar-refractivity contribution in [3.63, 3.8) is 0 Å². The first-order valence-corrected chi connectivity index (χ1v) is 10.9. The topological polar surface area (TPSA) is 57.5 Å². The third-order valence-electron chi connectivity index (χ3n) is 5.43. The highest BCUT2D eigenvalue weighted by Gasteiger charge is 2.28. The van der Waals surface area contributed by atoms with Crippen LogP contribution in [0, 0.1) is 11.8 Å². The molecule has 144 valence electrons. The second-order valence-corrected chi connectivity index (χ2v) is 8.47. The zero-order chi connectivity index (χ0) is 18.8. The van der Waals surface area contributed by atoms with E-state index in [0.717, 1.165) is 32.1 Å². The number of benzene rings is 1. The fourth-order valence-electron chi connectivity index (χ4n) is 3.60. The van der Waals surface area contributed by atoms with Crippen LogP contribution >= 0.6 is 11.8 Å². The van der Waals surface area contributed by atoms with Crippen LogP contribution in [0.15, 0.2) is 42.5 Å². The summed E-state index contributed by atoms with van der Waals surface area (Å²) in [5.41, 5.74) is 1.21. The Morgan fingerprint density at radius 3 is 2.69 bits per heavy atom. The number of hydrogen-bond acceptors (Lipinski definition) is 3. The molecular formula is C22H32O3S. The van der Waals surface area contributed by atoms with E-state index in [4.69, 9.17) is 5.11 Å². The molecule has 1 aromatic carbocycles. The summed E-state index contributed by atoms with van der Waals surface area (Å²) in [5.74, 6) is 3.24. The summed E-state index contributed by atoms with van der Waals surface area (Å²) in [6, 6.07) is 10.3. The van der Waals surface area contributed by atoms with Crippen LogP contribution in [0.1, 0.15) is 56.9 Å². The number of unbranched alkanes of at least 4 members (excludes halogenated alkanes) is 1. The van der Waals surface area contributed by atoms with Crippen molar-refractivity contribution in [2.75, 3.05) is 11.5 Å². The molecule has 0 spiro atoms. The Labute approximate surface area is 161 Å². The van der Waals surface area contributed by atoms with Gasteiger partial charge in [-0.15, -0.1) is 0 Å². The van der Waals surface area contributed by atoms with Crippen LogP contribution in [-0.4, -0.2) is 33.8 Å². The van der Waals surface area contributed by atoms with Crippen molar-refractivity contribution in [3.8, 4) is 0 Å². The van der Waals surface area contributed by atoms with Crippen molar-refractivity contribution in [3.05, 3.63) is 48.0 Å². The fourth-order valence-corrected chi connectivity index (χ4v) is 5.18. The predicted molar refractivity (Wildman–Crippen MR) is 110 cm³/mol. The summed E-state index contributed by atoms with van der Waals surface area (Å²) in [6.45, 7) is 2.11. The maximum Gasteiger partial charge on any atom is 0.303 e. The average Bonchev–Trinajstić information content (AvgIpc) is 3.09. The maximum atomic E-state index is 10.6. The predicted octanol–water partition coefficient (Wildman–Crippen LogP) is 5.11. The van der Waals surface area contributed by atoms with Gasteiger partial charge < -0.3 is 10.2 Å². The van der Waals surface area contributed by atoms with Crippen molar-refractivity contribution in [2.24, 2.45) is 11.8 Å². The third-order valence-corrected chi connectivity index (χ3v) is 6.76. The van der Waals surface area contributed by atoms with Crippen LogP contribution in [0.4, 0.5) is 0 Å². The molecule has 2 rings (SSSR count). The average molecular weight is 377 g/mol. The maximum absolute atomic E-state index is 10.6.